The molecule has 1 aliphatic carbocycles. The molecular weight excluding hydrogens is 304 g/mol. The molecular formula is C15H21BrN2O. The summed E-state index contributed by atoms with van der Waals surface area (Å²) in [6, 6.07) is 6.12. The van der Waals surface area contributed by atoms with Crippen LogP contribution in [-0.4, -0.2) is 36.2 Å². The molecule has 2 N–H and O–H groups in total. The third-order valence-electron chi connectivity index (χ3n) is 4.44. The first-order chi connectivity index (χ1) is 9.25. The largest absolute Gasteiger partial charge is 0.508 e. The van der Waals surface area contributed by atoms with Crippen LogP contribution in [0, 0.1) is 5.92 Å². The Morgan fingerprint density at radius 1 is 1.26 bits per heavy atom. The summed E-state index contributed by atoms with van der Waals surface area (Å²) >= 11 is 3.67. The molecule has 0 spiro atoms. The van der Waals surface area contributed by atoms with Gasteiger partial charge < -0.3 is 10.4 Å². The van der Waals surface area contributed by atoms with Gasteiger partial charge in [0.1, 0.15) is 5.75 Å². The van der Waals surface area contributed by atoms with Gasteiger partial charge in [0.2, 0.25) is 0 Å². The van der Waals surface area contributed by atoms with Gasteiger partial charge in [0.25, 0.3) is 0 Å². The molecule has 0 unspecified atom stereocenters. The van der Waals surface area contributed by atoms with Crippen molar-refractivity contribution in [2.45, 2.75) is 25.3 Å². The number of aromatic hydroxyl groups is 1. The van der Waals surface area contributed by atoms with Crippen LogP contribution in [0.5, 0.6) is 5.75 Å². The van der Waals surface area contributed by atoms with E-state index in [2.05, 4.69) is 26.1 Å². The molecule has 1 aliphatic heterocycles. The summed E-state index contributed by atoms with van der Waals surface area (Å²) < 4.78 is 1.13. The van der Waals surface area contributed by atoms with Crippen molar-refractivity contribution in [1.82, 2.24) is 10.2 Å². The maximum atomic E-state index is 9.81. The fraction of sp³-hybridized carbons (Fsp3) is 0.600. The number of rotatable bonds is 3. The van der Waals surface area contributed by atoms with Crippen molar-refractivity contribution < 1.29 is 5.11 Å². The average Bonchev–Trinajstić information content (AvgIpc) is 2.38. The molecule has 3 rings (SSSR count). The van der Waals surface area contributed by atoms with Crippen molar-refractivity contribution in [3.05, 3.63) is 28.2 Å². The normalized spacial score (nSPS) is 23.0. The predicted octanol–water partition coefficient (Wildman–Crippen LogP) is 2.90. The zero-order valence-electron chi connectivity index (χ0n) is 11.1. The zero-order chi connectivity index (χ0) is 13.2. The van der Waals surface area contributed by atoms with Crippen molar-refractivity contribution in [3.63, 3.8) is 0 Å². The minimum absolute atomic E-state index is 0.373. The summed E-state index contributed by atoms with van der Waals surface area (Å²) in [7, 11) is 0. The lowest BCUT2D eigenvalue weighted by Crippen LogP contribution is -2.47. The molecule has 1 aromatic carbocycles. The summed E-state index contributed by atoms with van der Waals surface area (Å²) in [4.78, 5) is 2.58. The van der Waals surface area contributed by atoms with Crippen LogP contribution < -0.4 is 5.32 Å². The summed E-state index contributed by atoms with van der Waals surface area (Å²) in [6.07, 6.45) is 3.98. The maximum Gasteiger partial charge on any atom is 0.115 e. The lowest BCUT2D eigenvalue weighted by molar-refractivity contribution is 0.0831. The third-order valence-corrected chi connectivity index (χ3v) is 5.16. The lowest BCUT2D eigenvalue weighted by atomic mass is 9.76. The highest BCUT2D eigenvalue weighted by Gasteiger charge is 2.34. The molecule has 1 aromatic rings. The Bertz CT molecular complexity index is 442. The highest BCUT2D eigenvalue weighted by Crippen LogP contribution is 2.44. The second-order valence-electron chi connectivity index (χ2n) is 5.63. The number of halogens is 1. The maximum absolute atomic E-state index is 9.81. The molecule has 1 saturated heterocycles. The van der Waals surface area contributed by atoms with Crippen LogP contribution in [-0.2, 0) is 0 Å². The Balaban J connectivity index is 1.90. The molecule has 2 aliphatic rings. The number of phenols is 1. The number of hydrogen-bond acceptors (Lipinski definition) is 3. The van der Waals surface area contributed by atoms with Crippen molar-refractivity contribution in [2.24, 2.45) is 5.92 Å². The summed E-state index contributed by atoms with van der Waals surface area (Å²) in [5.74, 6) is 1.12. The standard InChI is InChI=1S/C15H21BrN2O/c16-14-5-4-12(19)10-13(14)15(11-2-1-3-11)18-8-6-17-7-9-18/h4-5,10-11,15,17,19H,1-3,6-9H2/t15-/m0/s1. The van der Waals surface area contributed by atoms with Gasteiger partial charge in [0, 0.05) is 36.7 Å². The van der Waals surface area contributed by atoms with E-state index in [1.807, 2.05) is 12.1 Å². The topological polar surface area (TPSA) is 35.5 Å². The van der Waals surface area contributed by atoms with Crippen LogP contribution in [0.15, 0.2) is 22.7 Å². The second kappa shape index (κ2) is 5.81. The van der Waals surface area contributed by atoms with Crippen LogP contribution in [0.25, 0.3) is 0 Å². The van der Waals surface area contributed by atoms with Crippen molar-refractivity contribution in [3.8, 4) is 5.75 Å². The van der Waals surface area contributed by atoms with Crippen molar-refractivity contribution in [1.29, 1.82) is 0 Å². The number of hydrogen-bond donors (Lipinski definition) is 2. The highest BCUT2D eigenvalue weighted by atomic mass is 79.9. The number of nitrogens with one attached hydrogen (secondary N) is 1. The quantitative estimate of drug-likeness (QED) is 0.897. The first-order valence-electron chi connectivity index (χ1n) is 7.19. The van der Waals surface area contributed by atoms with E-state index in [4.69, 9.17) is 0 Å². The van der Waals surface area contributed by atoms with Crippen LogP contribution in [0.3, 0.4) is 0 Å². The van der Waals surface area contributed by atoms with Gasteiger partial charge in [-0.15, -0.1) is 0 Å². The van der Waals surface area contributed by atoms with E-state index >= 15 is 0 Å². The molecule has 1 saturated carbocycles. The van der Waals surface area contributed by atoms with Gasteiger partial charge in [-0.1, -0.05) is 22.4 Å². The Morgan fingerprint density at radius 3 is 2.63 bits per heavy atom. The Hall–Kier alpha value is -0.580. The van der Waals surface area contributed by atoms with E-state index in [9.17, 15) is 5.11 Å². The first-order valence-corrected chi connectivity index (χ1v) is 7.98. The van der Waals surface area contributed by atoms with Gasteiger partial charge in [0.15, 0.2) is 0 Å². The summed E-state index contributed by atoms with van der Waals surface area (Å²) in [6.45, 7) is 4.34. The van der Waals surface area contributed by atoms with Crippen LogP contribution in [0.4, 0.5) is 0 Å². The Labute approximate surface area is 123 Å². The van der Waals surface area contributed by atoms with E-state index in [1.165, 1.54) is 24.8 Å². The van der Waals surface area contributed by atoms with Gasteiger partial charge in [-0.05, 0) is 42.5 Å². The van der Waals surface area contributed by atoms with E-state index in [-0.39, 0.29) is 0 Å². The second-order valence-corrected chi connectivity index (χ2v) is 6.48. The highest BCUT2D eigenvalue weighted by molar-refractivity contribution is 9.10. The number of benzene rings is 1. The number of nitrogens with zero attached hydrogens (tertiary/aromatic N) is 1. The molecule has 1 atom stereocenters. The van der Waals surface area contributed by atoms with Gasteiger partial charge in [0.05, 0.1) is 0 Å². The molecule has 0 aromatic heterocycles. The molecule has 3 nitrogen and oxygen atoms in total. The smallest absolute Gasteiger partial charge is 0.115 e. The fourth-order valence-corrected chi connectivity index (χ4v) is 3.70. The van der Waals surface area contributed by atoms with E-state index in [0.29, 0.717) is 11.8 Å². The lowest BCUT2D eigenvalue weighted by Gasteiger charge is -2.43. The van der Waals surface area contributed by atoms with E-state index in [0.717, 1.165) is 36.6 Å². The van der Waals surface area contributed by atoms with E-state index in [1.54, 1.807) is 6.07 Å². The molecule has 104 valence electrons. The monoisotopic (exact) mass is 324 g/mol. The molecule has 1 heterocycles. The molecule has 4 heteroatoms. The predicted molar refractivity (Wildman–Crippen MR) is 80.3 cm³/mol. The summed E-state index contributed by atoms with van der Waals surface area (Å²) in [5.41, 5.74) is 1.26. The Morgan fingerprint density at radius 2 is 2.00 bits per heavy atom. The molecule has 19 heavy (non-hydrogen) atoms. The number of phenolic OH excluding ortho intramolecular Hbond substituents is 1. The third kappa shape index (κ3) is 2.81. The molecule has 0 radical (unpaired) electrons. The van der Waals surface area contributed by atoms with Crippen LogP contribution in [0.2, 0.25) is 0 Å². The van der Waals surface area contributed by atoms with Gasteiger partial charge in [-0.25, -0.2) is 0 Å². The van der Waals surface area contributed by atoms with Crippen molar-refractivity contribution >= 4 is 15.9 Å². The Kier molecular flexibility index (Phi) is 4.10. The SMILES string of the molecule is Oc1ccc(Br)c([C@H](C2CCC2)N2CCNCC2)c1. The van der Waals surface area contributed by atoms with Gasteiger partial charge in [-0.3, -0.25) is 4.90 Å². The van der Waals surface area contributed by atoms with Gasteiger partial charge in [-0.2, -0.15) is 0 Å². The van der Waals surface area contributed by atoms with Crippen LogP contribution in [0.1, 0.15) is 30.9 Å². The minimum atomic E-state index is 0.373. The molecule has 2 fully saturated rings. The first kappa shape index (κ1) is 13.4. The average molecular weight is 325 g/mol. The zero-order valence-corrected chi connectivity index (χ0v) is 12.7. The van der Waals surface area contributed by atoms with Crippen molar-refractivity contribution in [2.75, 3.05) is 26.2 Å². The van der Waals surface area contributed by atoms with E-state index < -0.39 is 0 Å². The fourth-order valence-electron chi connectivity index (χ4n) is 3.22. The van der Waals surface area contributed by atoms with Gasteiger partial charge >= 0.3 is 0 Å². The summed E-state index contributed by atoms with van der Waals surface area (Å²) in [5, 5.41) is 13.2. The number of piperazine rings is 1. The minimum Gasteiger partial charge on any atom is -0.508 e. The van der Waals surface area contributed by atoms with Crippen LogP contribution >= 0.6 is 15.9 Å². The molecule has 0 bridgehead atoms. The molecule has 0 amide bonds.